The Labute approximate surface area is 121 Å². The van der Waals surface area contributed by atoms with E-state index in [9.17, 15) is 0 Å². The molecule has 19 heavy (non-hydrogen) atoms. The number of halogens is 1. The molecule has 0 bridgehead atoms. The third-order valence-corrected chi connectivity index (χ3v) is 4.12. The van der Waals surface area contributed by atoms with Gasteiger partial charge in [0, 0.05) is 34.1 Å². The van der Waals surface area contributed by atoms with Crippen LogP contribution < -0.4 is 5.32 Å². The van der Waals surface area contributed by atoms with Crippen molar-refractivity contribution in [1.82, 2.24) is 10.5 Å². The molecule has 0 unspecified atom stereocenters. The number of hydrogen-bond donors (Lipinski definition) is 1. The predicted octanol–water partition coefficient (Wildman–Crippen LogP) is 3.90. The molecule has 1 N–H and O–H groups in total. The van der Waals surface area contributed by atoms with Crippen LogP contribution in [0.1, 0.15) is 37.6 Å². The Morgan fingerprint density at radius 2 is 2.11 bits per heavy atom. The summed E-state index contributed by atoms with van der Waals surface area (Å²) in [4.78, 5) is 0. The normalized spacial score (nSPS) is 13.5. The van der Waals surface area contributed by atoms with Crippen molar-refractivity contribution < 1.29 is 4.52 Å². The van der Waals surface area contributed by atoms with Gasteiger partial charge < -0.3 is 9.84 Å². The molecule has 0 atom stereocenters. The lowest BCUT2D eigenvalue weighted by Gasteiger charge is -2.19. The molecule has 0 amide bonds. The van der Waals surface area contributed by atoms with Crippen LogP contribution in [-0.4, -0.2) is 10.7 Å². The van der Waals surface area contributed by atoms with Gasteiger partial charge in [0.25, 0.3) is 0 Å². The van der Waals surface area contributed by atoms with Crippen LogP contribution in [-0.2, 0) is 13.0 Å². The summed E-state index contributed by atoms with van der Waals surface area (Å²) < 4.78 is 6.69. The van der Waals surface area contributed by atoms with Crippen LogP contribution in [0.5, 0.6) is 0 Å². The van der Waals surface area contributed by atoms with Crippen molar-refractivity contribution in [1.29, 1.82) is 0 Å². The molecule has 3 rings (SSSR count). The second-order valence-electron chi connectivity index (χ2n) is 5.98. The Kier molecular flexibility index (Phi) is 3.02. The maximum Gasteiger partial charge on any atom is 0.171 e. The van der Waals surface area contributed by atoms with Gasteiger partial charge >= 0.3 is 0 Å². The van der Waals surface area contributed by atoms with Gasteiger partial charge in [-0.3, -0.25) is 0 Å². The zero-order valence-electron chi connectivity index (χ0n) is 11.4. The van der Waals surface area contributed by atoms with Crippen LogP contribution >= 0.6 is 15.9 Å². The van der Waals surface area contributed by atoms with E-state index in [1.165, 1.54) is 16.7 Å². The topological polar surface area (TPSA) is 38.1 Å². The smallest absolute Gasteiger partial charge is 0.171 e. The van der Waals surface area contributed by atoms with Crippen LogP contribution in [0, 0.1) is 0 Å². The molecule has 0 saturated heterocycles. The van der Waals surface area contributed by atoms with E-state index in [-0.39, 0.29) is 5.54 Å². The molecule has 0 spiro atoms. The van der Waals surface area contributed by atoms with Gasteiger partial charge in [-0.2, -0.15) is 0 Å². The van der Waals surface area contributed by atoms with Crippen LogP contribution in [0.3, 0.4) is 0 Å². The summed E-state index contributed by atoms with van der Waals surface area (Å²) in [6.07, 6.45) is 0.900. The number of rotatable bonds is 2. The Hall–Kier alpha value is -1.13. The molecule has 0 radical (unpaired) electrons. The maximum absolute atomic E-state index is 5.54. The van der Waals surface area contributed by atoms with Crippen molar-refractivity contribution >= 4 is 15.9 Å². The molecule has 1 aromatic carbocycles. The Morgan fingerprint density at radius 3 is 2.84 bits per heavy atom. The molecule has 3 nitrogen and oxygen atoms in total. The molecule has 100 valence electrons. The van der Waals surface area contributed by atoms with E-state index in [0.717, 1.165) is 28.9 Å². The first-order chi connectivity index (χ1) is 8.96. The summed E-state index contributed by atoms with van der Waals surface area (Å²) >= 11 is 3.61. The summed E-state index contributed by atoms with van der Waals surface area (Å²) in [7, 11) is 0. The molecule has 1 aliphatic rings. The first-order valence-corrected chi connectivity index (χ1v) is 7.25. The lowest BCUT2D eigenvalue weighted by atomic mass is 10.1. The van der Waals surface area contributed by atoms with Crippen LogP contribution in [0.4, 0.5) is 0 Å². The molecule has 0 fully saturated rings. The van der Waals surface area contributed by atoms with Gasteiger partial charge in [0.2, 0.25) is 0 Å². The number of hydrogen-bond acceptors (Lipinski definition) is 3. The van der Waals surface area contributed by atoms with Crippen LogP contribution in [0.2, 0.25) is 0 Å². The highest BCUT2D eigenvalue weighted by Crippen LogP contribution is 2.41. The number of benzene rings is 1. The van der Waals surface area contributed by atoms with Gasteiger partial charge in [-0.1, -0.05) is 33.2 Å². The van der Waals surface area contributed by atoms with Gasteiger partial charge in [0.1, 0.15) is 5.69 Å². The molecule has 2 aromatic rings. The molecule has 1 heterocycles. The summed E-state index contributed by atoms with van der Waals surface area (Å²) in [5.41, 5.74) is 4.79. The third-order valence-electron chi connectivity index (χ3n) is 3.37. The van der Waals surface area contributed by atoms with Crippen molar-refractivity contribution in [2.45, 2.75) is 39.3 Å². The lowest BCUT2D eigenvalue weighted by molar-refractivity contribution is 0.392. The highest BCUT2D eigenvalue weighted by Gasteiger charge is 2.28. The standard InChI is InChI=1S/C15H17BrN2O/c1-15(2,3)17-8-13-11-7-10-9(14(11)19-18-13)5-4-6-12(10)16/h4-6,17H,7-8H2,1-3H3. The maximum atomic E-state index is 5.54. The van der Waals surface area contributed by atoms with E-state index in [1.807, 2.05) is 6.07 Å². The Morgan fingerprint density at radius 1 is 1.32 bits per heavy atom. The minimum atomic E-state index is 0.0812. The molecule has 0 saturated carbocycles. The van der Waals surface area contributed by atoms with E-state index in [2.05, 4.69) is 59.3 Å². The SMILES string of the molecule is CC(C)(C)NCc1noc2c1Cc1c(Br)cccc1-2. The average molecular weight is 321 g/mol. The Balaban J connectivity index is 1.92. The third kappa shape index (κ3) is 2.35. The second-order valence-corrected chi connectivity index (χ2v) is 6.84. The minimum Gasteiger partial charge on any atom is -0.356 e. The number of nitrogens with zero attached hydrogens (tertiary/aromatic N) is 1. The quantitative estimate of drug-likeness (QED) is 0.778. The monoisotopic (exact) mass is 320 g/mol. The van der Waals surface area contributed by atoms with Gasteiger partial charge in [-0.25, -0.2) is 0 Å². The minimum absolute atomic E-state index is 0.0812. The average Bonchev–Trinajstić information content (AvgIpc) is 2.86. The fourth-order valence-corrected chi connectivity index (χ4v) is 2.86. The van der Waals surface area contributed by atoms with Crippen molar-refractivity contribution in [2.24, 2.45) is 0 Å². The van der Waals surface area contributed by atoms with Crippen molar-refractivity contribution in [3.05, 3.63) is 39.5 Å². The zero-order chi connectivity index (χ0) is 13.6. The predicted molar refractivity (Wildman–Crippen MR) is 79.0 cm³/mol. The number of aromatic nitrogens is 1. The number of nitrogens with one attached hydrogen (secondary N) is 1. The van der Waals surface area contributed by atoms with E-state index in [0.29, 0.717) is 0 Å². The van der Waals surface area contributed by atoms with E-state index >= 15 is 0 Å². The zero-order valence-corrected chi connectivity index (χ0v) is 13.0. The molecular weight excluding hydrogens is 304 g/mol. The van der Waals surface area contributed by atoms with Crippen molar-refractivity contribution in [3.63, 3.8) is 0 Å². The first kappa shape index (κ1) is 12.9. The summed E-state index contributed by atoms with van der Waals surface area (Å²) in [5, 5.41) is 7.68. The lowest BCUT2D eigenvalue weighted by Crippen LogP contribution is -2.35. The van der Waals surface area contributed by atoms with Gasteiger partial charge in [-0.15, -0.1) is 0 Å². The molecule has 1 aliphatic carbocycles. The molecule has 4 heteroatoms. The number of fused-ring (bicyclic) bond motifs is 3. The van der Waals surface area contributed by atoms with Gasteiger partial charge in [-0.05, 0) is 32.4 Å². The molecule has 1 aromatic heterocycles. The van der Waals surface area contributed by atoms with E-state index in [4.69, 9.17) is 4.52 Å². The van der Waals surface area contributed by atoms with Crippen molar-refractivity contribution in [2.75, 3.05) is 0 Å². The van der Waals surface area contributed by atoms with E-state index < -0.39 is 0 Å². The van der Waals surface area contributed by atoms with E-state index in [1.54, 1.807) is 0 Å². The van der Waals surface area contributed by atoms with Crippen molar-refractivity contribution in [3.8, 4) is 11.3 Å². The van der Waals surface area contributed by atoms with Gasteiger partial charge in [0.05, 0.1) is 0 Å². The summed E-state index contributed by atoms with van der Waals surface area (Å²) in [5.74, 6) is 0.932. The summed E-state index contributed by atoms with van der Waals surface area (Å²) in [6, 6.07) is 6.21. The highest BCUT2D eigenvalue weighted by molar-refractivity contribution is 9.10. The Bertz CT molecular complexity index is 626. The highest BCUT2D eigenvalue weighted by atomic mass is 79.9. The van der Waals surface area contributed by atoms with Gasteiger partial charge in [0.15, 0.2) is 5.76 Å². The fraction of sp³-hybridized carbons (Fsp3) is 0.400. The summed E-state index contributed by atoms with van der Waals surface area (Å²) in [6.45, 7) is 7.20. The first-order valence-electron chi connectivity index (χ1n) is 6.46. The second kappa shape index (κ2) is 4.46. The largest absolute Gasteiger partial charge is 0.356 e. The fourth-order valence-electron chi connectivity index (χ4n) is 2.35. The molecule has 0 aliphatic heterocycles. The molecular formula is C15H17BrN2O. The van der Waals surface area contributed by atoms with Crippen LogP contribution in [0.25, 0.3) is 11.3 Å². The van der Waals surface area contributed by atoms with Crippen LogP contribution in [0.15, 0.2) is 27.2 Å².